The van der Waals surface area contributed by atoms with Crippen LogP contribution in [0.15, 0.2) is 35.1 Å². The summed E-state index contributed by atoms with van der Waals surface area (Å²) in [6.45, 7) is 1.04. The van der Waals surface area contributed by atoms with E-state index in [2.05, 4.69) is 0 Å². The summed E-state index contributed by atoms with van der Waals surface area (Å²) in [5.41, 5.74) is 9.14. The van der Waals surface area contributed by atoms with E-state index in [-0.39, 0.29) is 29.8 Å². The largest absolute Gasteiger partial charge is 0.496 e. The molecule has 1 saturated heterocycles. The molecule has 0 radical (unpaired) electrons. The number of ether oxygens (including phenoxy) is 1. The van der Waals surface area contributed by atoms with Gasteiger partial charge in [0.15, 0.2) is 0 Å². The fraction of sp³-hybridized carbons (Fsp3) is 0.458. The number of nitrogens with two attached hydrogens (primary N) is 1. The maximum atomic E-state index is 13.1. The van der Waals surface area contributed by atoms with E-state index in [0.717, 1.165) is 53.8 Å². The van der Waals surface area contributed by atoms with Gasteiger partial charge in [-0.1, -0.05) is 18.2 Å². The lowest BCUT2D eigenvalue weighted by Crippen LogP contribution is -2.44. The number of para-hydroxylation sites is 1. The van der Waals surface area contributed by atoms with Gasteiger partial charge in [-0.15, -0.1) is 0 Å². The number of rotatable bonds is 5. The number of fused-ring (bicyclic) bond motifs is 1. The molecule has 0 saturated carbocycles. The lowest BCUT2D eigenvalue weighted by Gasteiger charge is -2.31. The second-order valence-corrected chi connectivity index (χ2v) is 8.37. The van der Waals surface area contributed by atoms with Gasteiger partial charge in [-0.3, -0.25) is 14.4 Å². The molecule has 1 aromatic heterocycles. The van der Waals surface area contributed by atoms with Gasteiger partial charge in [0, 0.05) is 36.3 Å². The van der Waals surface area contributed by atoms with Gasteiger partial charge >= 0.3 is 0 Å². The zero-order valence-corrected chi connectivity index (χ0v) is 17.9. The Morgan fingerprint density at radius 1 is 1.10 bits per heavy atom. The number of hydrogen-bond acceptors (Lipinski definition) is 4. The lowest BCUT2D eigenvalue weighted by molar-refractivity contribution is -0.135. The van der Waals surface area contributed by atoms with Crippen LogP contribution in [0.25, 0.3) is 11.1 Å². The fourth-order valence-electron chi connectivity index (χ4n) is 4.83. The highest BCUT2D eigenvalue weighted by atomic mass is 16.5. The number of carbonyl (C=O) groups excluding carboxylic acids is 2. The minimum absolute atomic E-state index is 0.0363. The molecule has 7 heteroatoms. The SMILES string of the molecule is COc1ccccc1-c1cc(=O)n(CC(=O)N2CCC(C(N)=O)CC2)c2c1CCCC2. The molecule has 4 rings (SSSR count). The Bertz CT molecular complexity index is 1050. The molecular formula is C24H29N3O4. The molecule has 1 fully saturated rings. The fourth-order valence-corrected chi connectivity index (χ4v) is 4.83. The van der Waals surface area contributed by atoms with Gasteiger partial charge in [-0.25, -0.2) is 0 Å². The molecule has 1 aliphatic carbocycles. The van der Waals surface area contributed by atoms with Crippen LogP contribution in [0.3, 0.4) is 0 Å². The number of piperidine rings is 1. The molecule has 0 bridgehead atoms. The second-order valence-electron chi connectivity index (χ2n) is 8.37. The highest BCUT2D eigenvalue weighted by Crippen LogP contribution is 2.35. The maximum Gasteiger partial charge on any atom is 0.251 e. The number of aromatic nitrogens is 1. The summed E-state index contributed by atoms with van der Waals surface area (Å²) in [5, 5.41) is 0. The first-order valence-corrected chi connectivity index (χ1v) is 11.0. The van der Waals surface area contributed by atoms with Crippen molar-refractivity contribution in [1.82, 2.24) is 9.47 Å². The normalized spacial score (nSPS) is 16.6. The molecule has 1 aromatic carbocycles. The number of likely N-dealkylation sites (tertiary alicyclic amines) is 1. The molecule has 31 heavy (non-hydrogen) atoms. The van der Waals surface area contributed by atoms with Crippen LogP contribution in [-0.2, 0) is 29.0 Å². The molecule has 0 atom stereocenters. The Hall–Kier alpha value is -3.09. The van der Waals surface area contributed by atoms with Gasteiger partial charge in [0.2, 0.25) is 11.8 Å². The maximum absolute atomic E-state index is 13.1. The van der Waals surface area contributed by atoms with E-state index in [1.54, 1.807) is 22.6 Å². The minimum Gasteiger partial charge on any atom is -0.496 e. The van der Waals surface area contributed by atoms with Crippen LogP contribution in [0, 0.1) is 5.92 Å². The summed E-state index contributed by atoms with van der Waals surface area (Å²) in [7, 11) is 1.63. The standard InChI is InChI=1S/C24H29N3O4/c1-31-21-9-5-3-7-18(21)19-14-22(28)27(20-8-4-2-6-17(19)20)15-23(29)26-12-10-16(11-13-26)24(25)30/h3,5,7,9,14,16H,2,4,6,8,10-13,15H2,1H3,(H2,25,30). The van der Waals surface area contributed by atoms with E-state index < -0.39 is 0 Å². The lowest BCUT2D eigenvalue weighted by atomic mass is 9.88. The van der Waals surface area contributed by atoms with E-state index in [0.29, 0.717) is 25.9 Å². The van der Waals surface area contributed by atoms with Crippen LogP contribution in [0.4, 0.5) is 0 Å². The predicted octanol–water partition coefficient (Wildman–Crippen LogP) is 2.13. The summed E-state index contributed by atoms with van der Waals surface area (Å²) in [5.74, 6) is 0.188. The second kappa shape index (κ2) is 8.96. The van der Waals surface area contributed by atoms with Crippen LogP contribution in [0.1, 0.15) is 36.9 Å². The third-order valence-corrected chi connectivity index (χ3v) is 6.56. The van der Waals surface area contributed by atoms with Crippen LogP contribution in [0.5, 0.6) is 5.75 Å². The zero-order valence-electron chi connectivity index (χ0n) is 17.9. The molecule has 2 heterocycles. The average Bonchev–Trinajstić information content (AvgIpc) is 2.80. The van der Waals surface area contributed by atoms with E-state index in [1.165, 1.54) is 0 Å². The quantitative estimate of drug-likeness (QED) is 0.797. The van der Waals surface area contributed by atoms with E-state index in [9.17, 15) is 14.4 Å². The number of carbonyl (C=O) groups is 2. The molecule has 1 aliphatic heterocycles. The highest BCUT2D eigenvalue weighted by Gasteiger charge is 2.27. The van der Waals surface area contributed by atoms with Crippen molar-refractivity contribution in [3.63, 3.8) is 0 Å². The van der Waals surface area contributed by atoms with Gasteiger partial charge < -0.3 is 19.9 Å². The van der Waals surface area contributed by atoms with Crippen LogP contribution in [-0.4, -0.2) is 41.5 Å². The average molecular weight is 424 g/mol. The topological polar surface area (TPSA) is 94.6 Å². The Kier molecular flexibility index (Phi) is 6.11. The molecule has 164 valence electrons. The van der Waals surface area contributed by atoms with Crippen LogP contribution >= 0.6 is 0 Å². The van der Waals surface area contributed by atoms with Crippen molar-refractivity contribution in [3.8, 4) is 16.9 Å². The number of nitrogens with zero attached hydrogens (tertiary/aromatic N) is 2. The van der Waals surface area contributed by atoms with Gasteiger partial charge in [0.05, 0.1) is 7.11 Å². The van der Waals surface area contributed by atoms with Crippen molar-refractivity contribution in [2.75, 3.05) is 20.2 Å². The molecule has 0 unspecified atom stereocenters. The summed E-state index contributed by atoms with van der Waals surface area (Å²) < 4.78 is 7.18. The first-order valence-electron chi connectivity index (χ1n) is 11.0. The predicted molar refractivity (Wildman–Crippen MR) is 118 cm³/mol. The van der Waals surface area contributed by atoms with Crippen molar-refractivity contribution in [1.29, 1.82) is 0 Å². The monoisotopic (exact) mass is 423 g/mol. The van der Waals surface area contributed by atoms with Crippen molar-refractivity contribution in [2.45, 2.75) is 45.1 Å². The summed E-state index contributed by atoms with van der Waals surface area (Å²) in [6.07, 6.45) is 4.88. The summed E-state index contributed by atoms with van der Waals surface area (Å²) in [6, 6.07) is 9.37. The molecular weight excluding hydrogens is 394 g/mol. The molecule has 2 N–H and O–H groups in total. The highest BCUT2D eigenvalue weighted by molar-refractivity contribution is 5.79. The van der Waals surface area contributed by atoms with Gasteiger partial charge in [-0.2, -0.15) is 0 Å². The van der Waals surface area contributed by atoms with Gasteiger partial charge in [0.25, 0.3) is 5.56 Å². The Morgan fingerprint density at radius 2 is 1.81 bits per heavy atom. The van der Waals surface area contributed by atoms with Gasteiger partial charge in [-0.05, 0) is 55.7 Å². The number of amides is 2. The summed E-state index contributed by atoms with van der Waals surface area (Å²) >= 11 is 0. The number of pyridine rings is 1. The van der Waals surface area contributed by atoms with E-state index in [1.807, 2.05) is 24.3 Å². The Labute approximate surface area is 181 Å². The summed E-state index contributed by atoms with van der Waals surface area (Å²) in [4.78, 5) is 39.2. The molecule has 2 aliphatic rings. The van der Waals surface area contributed by atoms with Crippen LogP contribution in [0.2, 0.25) is 0 Å². The first-order chi connectivity index (χ1) is 15.0. The molecule has 7 nitrogen and oxygen atoms in total. The van der Waals surface area contributed by atoms with E-state index >= 15 is 0 Å². The molecule has 2 aromatic rings. The van der Waals surface area contributed by atoms with Gasteiger partial charge in [0.1, 0.15) is 12.3 Å². The van der Waals surface area contributed by atoms with Crippen LogP contribution < -0.4 is 16.0 Å². The Morgan fingerprint density at radius 3 is 2.52 bits per heavy atom. The number of benzene rings is 1. The number of primary amides is 1. The van der Waals surface area contributed by atoms with E-state index in [4.69, 9.17) is 10.5 Å². The molecule has 2 amide bonds. The number of hydrogen-bond donors (Lipinski definition) is 1. The minimum atomic E-state index is -0.302. The first kappa shape index (κ1) is 21.2. The smallest absolute Gasteiger partial charge is 0.251 e. The Balaban J connectivity index is 1.65. The van der Waals surface area contributed by atoms with Crippen molar-refractivity contribution < 1.29 is 14.3 Å². The van der Waals surface area contributed by atoms with Crippen molar-refractivity contribution >= 4 is 11.8 Å². The number of methoxy groups -OCH3 is 1. The van der Waals surface area contributed by atoms with Crippen molar-refractivity contribution in [2.24, 2.45) is 11.7 Å². The molecule has 0 spiro atoms. The van der Waals surface area contributed by atoms with Crippen molar-refractivity contribution in [3.05, 3.63) is 51.9 Å². The zero-order chi connectivity index (χ0) is 22.0. The third kappa shape index (κ3) is 4.22. The third-order valence-electron chi connectivity index (χ3n) is 6.56.